The molecule has 0 atom stereocenters. The molecular weight excluding hydrogens is 398 g/mol. The van der Waals surface area contributed by atoms with Crippen LogP contribution in [-0.4, -0.2) is 20.4 Å². The summed E-state index contributed by atoms with van der Waals surface area (Å²) < 4.78 is 27.0. The summed E-state index contributed by atoms with van der Waals surface area (Å²) in [6.45, 7) is 3.49. The van der Waals surface area contributed by atoms with Crippen molar-refractivity contribution in [3.8, 4) is 17.2 Å². The summed E-state index contributed by atoms with van der Waals surface area (Å²) in [5, 5.41) is 12.2. The van der Waals surface area contributed by atoms with Crippen LogP contribution in [0.5, 0.6) is 0 Å². The van der Waals surface area contributed by atoms with E-state index in [1.165, 1.54) is 12.1 Å². The quantitative estimate of drug-likeness (QED) is 0.626. The van der Waals surface area contributed by atoms with Gasteiger partial charge < -0.3 is 5.32 Å². The molecule has 0 bridgehead atoms. The summed E-state index contributed by atoms with van der Waals surface area (Å²) in [7, 11) is -3.60. The van der Waals surface area contributed by atoms with Gasteiger partial charge >= 0.3 is 0 Å². The summed E-state index contributed by atoms with van der Waals surface area (Å²) in [5.74, 6) is -0.353. The minimum atomic E-state index is -3.60. The Bertz CT molecular complexity index is 1210. The first-order valence-corrected chi connectivity index (χ1v) is 10.8. The van der Waals surface area contributed by atoms with E-state index in [1.54, 1.807) is 62.4 Å². The fourth-order valence-electron chi connectivity index (χ4n) is 3.03. The van der Waals surface area contributed by atoms with Crippen LogP contribution in [0.4, 0.5) is 5.69 Å². The van der Waals surface area contributed by atoms with Crippen molar-refractivity contribution in [3.63, 3.8) is 0 Å². The van der Waals surface area contributed by atoms with Gasteiger partial charge in [-0.25, -0.2) is 13.1 Å². The lowest BCUT2D eigenvalue weighted by atomic mass is 9.95. The number of nitrogens with one attached hydrogen (secondary N) is 2. The zero-order chi connectivity index (χ0) is 21.7. The Morgan fingerprint density at radius 1 is 0.900 bits per heavy atom. The molecule has 0 unspecified atom stereocenters. The van der Waals surface area contributed by atoms with Gasteiger partial charge in [0.05, 0.1) is 16.5 Å². The second-order valence-corrected chi connectivity index (χ2v) is 8.67. The molecule has 3 aromatic rings. The van der Waals surface area contributed by atoms with Crippen LogP contribution >= 0.6 is 0 Å². The third kappa shape index (κ3) is 4.74. The van der Waals surface area contributed by atoms with Crippen molar-refractivity contribution < 1.29 is 13.2 Å². The summed E-state index contributed by atoms with van der Waals surface area (Å²) in [4.78, 5) is 13.0. The first-order valence-electron chi connectivity index (χ1n) is 9.34. The highest BCUT2D eigenvalue weighted by molar-refractivity contribution is 7.89. The van der Waals surface area contributed by atoms with Crippen molar-refractivity contribution in [2.75, 3.05) is 5.32 Å². The molecule has 0 aliphatic rings. The Hall–Kier alpha value is -3.47. The van der Waals surface area contributed by atoms with E-state index in [1.807, 2.05) is 12.1 Å². The highest BCUT2D eigenvalue weighted by Gasteiger charge is 2.17. The first-order chi connectivity index (χ1) is 14.3. The van der Waals surface area contributed by atoms with Gasteiger partial charge in [-0.2, -0.15) is 5.26 Å². The van der Waals surface area contributed by atoms with E-state index in [-0.39, 0.29) is 16.8 Å². The maximum atomic E-state index is 12.9. The molecule has 30 heavy (non-hydrogen) atoms. The summed E-state index contributed by atoms with van der Waals surface area (Å²) in [6.07, 6.45) is 0. The van der Waals surface area contributed by atoms with Crippen molar-refractivity contribution in [1.29, 1.82) is 5.26 Å². The highest BCUT2D eigenvalue weighted by atomic mass is 32.2. The zero-order valence-electron chi connectivity index (χ0n) is 16.6. The number of rotatable bonds is 6. The molecule has 0 saturated heterocycles. The van der Waals surface area contributed by atoms with Gasteiger partial charge in [0.15, 0.2) is 0 Å². The fraction of sp³-hybridized carbons (Fsp3) is 0.130. The molecule has 0 fully saturated rings. The highest BCUT2D eigenvalue weighted by Crippen LogP contribution is 2.27. The normalized spacial score (nSPS) is 11.1. The molecule has 0 aliphatic heterocycles. The van der Waals surface area contributed by atoms with Crippen molar-refractivity contribution in [1.82, 2.24) is 4.72 Å². The van der Waals surface area contributed by atoms with Gasteiger partial charge in [-0.15, -0.1) is 0 Å². The van der Waals surface area contributed by atoms with Crippen LogP contribution in [0.15, 0.2) is 77.7 Å². The maximum absolute atomic E-state index is 12.9. The van der Waals surface area contributed by atoms with Crippen LogP contribution < -0.4 is 10.0 Å². The zero-order valence-corrected chi connectivity index (χ0v) is 17.4. The minimum absolute atomic E-state index is 0.123. The number of benzene rings is 3. The molecule has 0 radical (unpaired) electrons. The van der Waals surface area contributed by atoms with E-state index in [9.17, 15) is 18.5 Å². The third-order valence-electron chi connectivity index (χ3n) is 4.32. The minimum Gasteiger partial charge on any atom is -0.322 e. The molecular formula is C23H21N3O3S. The summed E-state index contributed by atoms with van der Waals surface area (Å²) in [6, 6.07) is 22.0. The van der Waals surface area contributed by atoms with E-state index in [0.717, 1.165) is 0 Å². The molecule has 7 heteroatoms. The lowest BCUT2D eigenvalue weighted by Gasteiger charge is -2.12. The second kappa shape index (κ2) is 8.91. The summed E-state index contributed by atoms with van der Waals surface area (Å²) in [5.41, 5.74) is 2.68. The fourth-order valence-corrected chi connectivity index (χ4v) is 4.28. The number of hydrogen-bond acceptors (Lipinski definition) is 4. The smallest absolute Gasteiger partial charge is 0.256 e. The van der Waals surface area contributed by atoms with Gasteiger partial charge in [-0.1, -0.05) is 36.4 Å². The number of nitrogens with zero attached hydrogens (tertiary/aromatic N) is 1. The molecule has 1 amide bonds. The molecule has 3 rings (SSSR count). The number of nitriles is 1. The Labute approximate surface area is 176 Å². The Kier molecular flexibility index (Phi) is 6.31. The number of carbonyl (C=O) groups excluding carboxylic acids is 1. The maximum Gasteiger partial charge on any atom is 0.256 e. The molecule has 0 saturated carbocycles. The molecule has 3 aromatic carbocycles. The molecule has 2 N–H and O–H groups in total. The third-order valence-corrected chi connectivity index (χ3v) is 6.00. The molecule has 152 valence electrons. The molecule has 0 aliphatic carbocycles. The molecule has 0 aromatic heterocycles. The number of hydrogen-bond donors (Lipinski definition) is 2. The van der Waals surface area contributed by atoms with Gasteiger partial charge in [0.25, 0.3) is 5.91 Å². The summed E-state index contributed by atoms with van der Waals surface area (Å²) >= 11 is 0. The predicted octanol–water partition coefficient (Wildman–Crippen LogP) is 4.16. The first kappa shape index (κ1) is 21.2. The second-order valence-electron chi connectivity index (χ2n) is 6.96. The Morgan fingerprint density at radius 2 is 1.50 bits per heavy atom. The van der Waals surface area contributed by atoms with E-state index >= 15 is 0 Å². The van der Waals surface area contributed by atoms with E-state index in [4.69, 9.17) is 0 Å². The largest absolute Gasteiger partial charge is 0.322 e. The van der Waals surface area contributed by atoms with Gasteiger partial charge in [-0.3, -0.25) is 4.79 Å². The van der Waals surface area contributed by atoms with Crippen LogP contribution in [0.1, 0.15) is 29.8 Å². The van der Waals surface area contributed by atoms with E-state index in [2.05, 4.69) is 16.1 Å². The van der Waals surface area contributed by atoms with Crippen LogP contribution in [0, 0.1) is 11.3 Å². The van der Waals surface area contributed by atoms with Crippen LogP contribution in [0.25, 0.3) is 11.1 Å². The standard InChI is InChI=1S/C23H21N3O3S/c1-16(2)26-30(28,29)19-13-11-18(12-14-19)25-23(27)22-10-6-5-9-21(22)20-8-4-3-7-17(20)15-24/h3-14,16,26H,1-2H3,(H,25,27). The topological polar surface area (TPSA) is 99.1 Å². The average molecular weight is 420 g/mol. The number of anilines is 1. The number of carbonyl (C=O) groups is 1. The van der Waals surface area contributed by atoms with Gasteiger partial charge in [-0.05, 0) is 55.8 Å². The van der Waals surface area contributed by atoms with Crippen LogP contribution in [0.2, 0.25) is 0 Å². The Morgan fingerprint density at radius 3 is 2.13 bits per heavy atom. The lowest BCUT2D eigenvalue weighted by Crippen LogP contribution is -2.30. The Balaban J connectivity index is 1.87. The van der Waals surface area contributed by atoms with Crippen molar-refractivity contribution in [2.45, 2.75) is 24.8 Å². The molecule has 0 heterocycles. The van der Waals surface area contributed by atoms with Crippen LogP contribution in [-0.2, 0) is 10.0 Å². The average Bonchev–Trinajstić information content (AvgIpc) is 2.73. The van der Waals surface area contributed by atoms with Gasteiger partial charge in [0.1, 0.15) is 0 Å². The van der Waals surface area contributed by atoms with Crippen molar-refractivity contribution >= 4 is 21.6 Å². The molecule has 6 nitrogen and oxygen atoms in total. The van der Waals surface area contributed by atoms with Gasteiger partial charge in [0, 0.05) is 22.9 Å². The van der Waals surface area contributed by atoms with Crippen molar-refractivity contribution in [3.05, 3.63) is 83.9 Å². The van der Waals surface area contributed by atoms with Gasteiger partial charge in [0.2, 0.25) is 10.0 Å². The SMILES string of the molecule is CC(C)NS(=O)(=O)c1ccc(NC(=O)c2ccccc2-c2ccccc2C#N)cc1. The monoisotopic (exact) mass is 419 g/mol. The number of amides is 1. The van der Waals surface area contributed by atoms with Crippen LogP contribution in [0.3, 0.4) is 0 Å². The van der Waals surface area contributed by atoms with E-state index < -0.39 is 10.0 Å². The van der Waals surface area contributed by atoms with E-state index in [0.29, 0.717) is 27.9 Å². The molecule has 0 spiro atoms. The number of sulfonamides is 1. The van der Waals surface area contributed by atoms with Crippen molar-refractivity contribution in [2.24, 2.45) is 0 Å². The lowest BCUT2D eigenvalue weighted by molar-refractivity contribution is 0.102. The predicted molar refractivity (Wildman–Crippen MR) is 116 cm³/mol.